The summed E-state index contributed by atoms with van der Waals surface area (Å²) in [7, 11) is 2.13. The van der Waals surface area contributed by atoms with Crippen LogP contribution >= 0.6 is 0 Å². The van der Waals surface area contributed by atoms with Crippen molar-refractivity contribution in [1.82, 2.24) is 35.0 Å². The van der Waals surface area contributed by atoms with Gasteiger partial charge >= 0.3 is 0 Å². The summed E-state index contributed by atoms with van der Waals surface area (Å²) in [5.41, 5.74) is 4.66. The van der Waals surface area contributed by atoms with Crippen LogP contribution in [0.3, 0.4) is 0 Å². The van der Waals surface area contributed by atoms with Crippen LogP contribution in [-0.2, 0) is 4.79 Å². The van der Waals surface area contributed by atoms with Crippen molar-refractivity contribution < 1.29 is 9.18 Å². The Morgan fingerprint density at radius 2 is 1.95 bits per heavy atom. The number of fused-ring (bicyclic) bond motifs is 2. The monoisotopic (exact) mass is 527 g/mol. The molecule has 1 amide bonds. The van der Waals surface area contributed by atoms with E-state index in [9.17, 15) is 4.79 Å². The van der Waals surface area contributed by atoms with Crippen LogP contribution in [0, 0.1) is 5.82 Å². The molecule has 0 aliphatic carbocycles. The van der Waals surface area contributed by atoms with Crippen molar-refractivity contribution in [2.24, 2.45) is 0 Å². The van der Waals surface area contributed by atoms with E-state index in [2.05, 4.69) is 53.4 Å². The van der Waals surface area contributed by atoms with Gasteiger partial charge in [-0.25, -0.2) is 9.37 Å². The lowest BCUT2D eigenvalue weighted by molar-refractivity contribution is -0.116. The zero-order valence-corrected chi connectivity index (χ0v) is 22.0. The fourth-order valence-electron chi connectivity index (χ4n) is 4.98. The van der Waals surface area contributed by atoms with E-state index < -0.39 is 5.82 Å². The largest absolute Gasteiger partial charge is 0.367 e. The molecule has 10 nitrogen and oxygen atoms in total. The Morgan fingerprint density at radius 3 is 2.77 bits per heavy atom. The number of aromatic amines is 2. The van der Waals surface area contributed by atoms with Crippen molar-refractivity contribution in [2.75, 3.05) is 43.4 Å². The van der Waals surface area contributed by atoms with Crippen LogP contribution in [0.25, 0.3) is 44.7 Å². The highest BCUT2D eigenvalue weighted by molar-refractivity contribution is 5.97. The van der Waals surface area contributed by atoms with Crippen molar-refractivity contribution in [3.63, 3.8) is 0 Å². The molecule has 0 spiro atoms. The first kappa shape index (κ1) is 24.9. The van der Waals surface area contributed by atoms with E-state index in [-0.39, 0.29) is 17.0 Å². The molecule has 1 aromatic carbocycles. The number of carbonyl (C=O) groups is 1. The maximum Gasteiger partial charge on any atom is 0.224 e. The topological polar surface area (TPSA) is 119 Å². The summed E-state index contributed by atoms with van der Waals surface area (Å²) in [6.07, 6.45) is 6.77. The number of anilines is 2. The molecule has 0 unspecified atom stereocenters. The van der Waals surface area contributed by atoms with Crippen LogP contribution in [-0.4, -0.2) is 74.2 Å². The Balaban J connectivity index is 1.37. The van der Waals surface area contributed by atoms with E-state index >= 15 is 4.39 Å². The third kappa shape index (κ3) is 4.81. The summed E-state index contributed by atoms with van der Waals surface area (Å²) in [6, 6.07) is 7.72. The second-order valence-corrected chi connectivity index (χ2v) is 9.94. The maximum atomic E-state index is 16.1. The van der Waals surface area contributed by atoms with Gasteiger partial charge in [0.25, 0.3) is 0 Å². The fraction of sp³-hybridized carbons (Fsp3) is 0.321. The number of pyridine rings is 2. The van der Waals surface area contributed by atoms with E-state index in [1.54, 1.807) is 18.5 Å². The molecule has 1 aliphatic heterocycles. The smallest absolute Gasteiger partial charge is 0.224 e. The highest BCUT2D eigenvalue weighted by atomic mass is 19.1. The number of H-pyrrole nitrogens is 2. The Hall–Kier alpha value is -4.38. The molecule has 5 heterocycles. The molecule has 1 saturated heterocycles. The number of unbranched alkanes of at least 4 members (excludes halogenated alkanes) is 1. The number of hydrogen-bond donors (Lipinski definition) is 3. The second kappa shape index (κ2) is 10.4. The Kier molecular flexibility index (Phi) is 6.65. The zero-order chi connectivity index (χ0) is 26.9. The number of amides is 1. The predicted octanol–water partition coefficient (Wildman–Crippen LogP) is 4.58. The highest BCUT2D eigenvalue weighted by Crippen LogP contribution is 2.34. The van der Waals surface area contributed by atoms with E-state index in [1.807, 2.05) is 19.1 Å². The number of halogens is 1. The number of benzene rings is 1. The van der Waals surface area contributed by atoms with Gasteiger partial charge in [0.05, 0.1) is 40.2 Å². The number of piperazine rings is 1. The van der Waals surface area contributed by atoms with Gasteiger partial charge in [0.1, 0.15) is 16.9 Å². The lowest BCUT2D eigenvalue weighted by Crippen LogP contribution is -2.44. The third-order valence-electron chi connectivity index (χ3n) is 7.16. The predicted molar refractivity (Wildman–Crippen MR) is 150 cm³/mol. The number of likely N-dealkylation sites (N-methyl/N-ethyl adjacent to an activating group) is 1. The molecule has 6 rings (SSSR count). The molecule has 11 heteroatoms. The fourth-order valence-corrected chi connectivity index (χ4v) is 4.98. The quantitative estimate of drug-likeness (QED) is 0.283. The number of para-hydroxylation sites is 1. The number of hydrogen-bond acceptors (Lipinski definition) is 7. The van der Waals surface area contributed by atoms with Crippen molar-refractivity contribution in [3.05, 3.63) is 48.7 Å². The first-order chi connectivity index (χ1) is 19.0. The van der Waals surface area contributed by atoms with E-state index in [0.29, 0.717) is 34.7 Å². The normalized spacial score (nSPS) is 14.4. The average Bonchev–Trinajstić information content (AvgIpc) is 3.57. The molecule has 0 atom stereocenters. The minimum Gasteiger partial charge on any atom is -0.367 e. The molecule has 39 heavy (non-hydrogen) atoms. The van der Waals surface area contributed by atoms with Gasteiger partial charge in [-0.3, -0.25) is 19.9 Å². The lowest BCUT2D eigenvalue weighted by Gasteiger charge is -2.34. The van der Waals surface area contributed by atoms with Gasteiger partial charge in [0.2, 0.25) is 5.91 Å². The number of carbonyl (C=O) groups excluding carboxylic acids is 1. The molecule has 5 aromatic rings. The molecular formula is C28H30FN9O. The zero-order valence-electron chi connectivity index (χ0n) is 22.0. The van der Waals surface area contributed by atoms with Crippen LogP contribution < -0.4 is 10.2 Å². The van der Waals surface area contributed by atoms with Crippen LogP contribution in [0.15, 0.2) is 42.9 Å². The Morgan fingerprint density at radius 1 is 1.10 bits per heavy atom. The number of aromatic nitrogens is 6. The number of nitrogens with zero attached hydrogens (tertiary/aromatic N) is 6. The molecule has 3 N–H and O–H groups in total. The van der Waals surface area contributed by atoms with Gasteiger partial charge in [-0.15, -0.1) is 0 Å². The first-order valence-electron chi connectivity index (χ1n) is 13.2. The summed E-state index contributed by atoms with van der Waals surface area (Å²) in [6.45, 7) is 5.83. The summed E-state index contributed by atoms with van der Waals surface area (Å²) in [4.78, 5) is 33.6. The number of imidazole rings is 1. The van der Waals surface area contributed by atoms with E-state index in [4.69, 9.17) is 4.98 Å². The van der Waals surface area contributed by atoms with E-state index in [0.717, 1.165) is 55.7 Å². The van der Waals surface area contributed by atoms with Crippen molar-refractivity contribution in [1.29, 1.82) is 0 Å². The Labute approximate surface area is 224 Å². The summed E-state index contributed by atoms with van der Waals surface area (Å²) in [5.74, 6) is -0.158. The molecule has 4 aromatic heterocycles. The van der Waals surface area contributed by atoms with Crippen LogP contribution in [0.1, 0.15) is 26.2 Å². The highest BCUT2D eigenvalue weighted by Gasteiger charge is 2.23. The van der Waals surface area contributed by atoms with Crippen LogP contribution in [0.4, 0.5) is 15.8 Å². The van der Waals surface area contributed by atoms with Gasteiger partial charge in [-0.1, -0.05) is 19.4 Å². The van der Waals surface area contributed by atoms with Crippen molar-refractivity contribution in [3.8, 4) is 22.8 Å². The first-order valence-corrected chi connectivity index (χ1v) is 13.2. The molecule has 1 fully saturated rings. The van der Waals surface area contributed by atoms with Gasteiger partial charge in [-0.2, -0.15) is 5.10 Å². The van der Waals surface area contributed by atoms with Gasteiger partial charge < -0.3 is 20.1 Å². The minimum atomic E-state index is -0.535. The van der Waals surface area contributed by atoms with Crippen molar-refractivity contribution >= 4 is 39.2 Å². The van der Waals surface area contributed by atoms with Gasteiger partial charge in [0, 0.05) is 44.4 Å². The third-order valence-corrected chi connectivity index (χ3v) is 7.16. The average molecular weight is 528 g/mol. The van der Waals surface area contributed by atoms with Gasteiger partial charge in [0.15, 0.2) is 11.6 Å². The summed E-state index contributed by atoms with van der Waals surface area (Å²) >= 11 is 0. The molecule has 1 aliphatic rings. The standard InChI is InChI=1S/C28H30FN9O/c1-3-4-8-22(39)32-18-13-17(14-30-15-18)25-24(29)23-20(16-31-25)35-36-27(23)28-33-19-6-5-7-21(26(19)34-28)38-11-9-37(2)10-12-38/h5-7,13-16H,3-4,8-12H2,1-2H3,(H,32,39)(H,33,34)(H,35,36). The Bertz CT molecular complexity index is 1650. The van der Waals surface area contributed by atoms with Crippen LogP contribution in [0.5, 0.6) is 0 Å². The SMILES string of the molecule is CCCCC(=O)Nc1cncc(-c2ncc3[nH]nc(-c4nc5c(N6CCN(C)CC6)cccc5[nH]4)c3c2F)c1. The molecule has 0 saturated carbocycles. The molecule has 0 radical (unpaired) electrons. The van der Waals surface area contributed by atoms with E-state index in [1.165, 1.54) is 6.20 Å². The van der Waals surface area contributed by atoms with Crippen molar-refractivity contribution in [2.45, 2.75) is 26.2 Å². The van der Waals surface area contributed by atoms with Crippen LogP contribution in [0.2, 0.25) is 0 Å². The lowest BCUT2D eigenvalue weighted by atomic mass is 10.1. The second-order valence-electron chi connectivity index (χ2n) is 9.94. The number of rotatable bonds is 7. The maximum absolute atomic E-state index is 16.1. The minimum absolute atomic E-state index is 0.0994. The molecule has 200 valence electrons. The summed E-state index contributed by atoms with van der Waals surface area (Å²) in [5, 5.41) is 10.4. The van der Waals surface area contributed by atoms with Gasteiger partial charge in [-0.05, 0) is 31.7 Å². The number of nitrogens with one attached hydrogen (secondary N) is 3. The summed E-state index contributed by atoms with van der Waals surface area (Å²) < 4.78 is 16.1. The molecule has 0 bridgehead atoms. The molecular weight excluding hydrogens is 497 g/mol.